The number of aromatic nitrogens is 1. The van der Waals surface area contributed by atoms with Crippen LogP contribution >= 0.6 is 0 Å². The molecule has 1 heterocycles. The smallest absolute Gasteiger partial charge is 0.358 e. The van der Waals surface area contributed by atoms with E-state index < -0.39 is 16.1 Å². The highest BCUT2D eigenvalue weighted by atomic mass is 32.2. The van der Waals surface area contributed by atoms with Crippen LogP contribution in [0.2, 0.25) is 0 Å². The molecular weight excluding hydrogens is 262 g/mol. The van der Waals surface area contributed by atoms with Crippen LogP contribution in [0.4, 0.5) is 0 Å². The van der Waals surface area contributed by atoms with Gasteiger partial charge in [-0.3, -0.25) is 4.55 Å². The first-order chi connectivity index (χ1) is 8.40. The van der Waals surface area contributed by atoms with Crippen molar-refractivity contribution in [3.05, 3.63) is 24.0 Å². The first-order valence-electron chi connectivity index (χ1n) is 5.16. The molecule has 0 bridgehead atoms. The number of hydrogen-bond acceptors (Lipinski definition) is 5. The number of carbonyl (C=O) groups is 1. The Labute approximate surface area is 104 Å². The molecule has 7 nitrogen and oxygen atoms in total. The monoisotopic (exact) mass is 275 g/mol. The molecule has 8 heteroatoms. The lowest BCUT2D eigenvalue weighted by Crippen LogP contribution is -2.08. The van der Waals surface area contributed by atoms with Gasteiger partial charge < -0.3 is 9.84 Å². The van der Waals surface area contributed by atoms with Crippen molar-refractivity contribution in [3.63, 3.8) is 0 Å². The SMILES string of the molecule is O=C(O)c1ncccc1OCCCCS(=O)(=O)O. The van der Waals surface area contributed by atoms with E-state index in [0.29, 0.717) is 6.42 Å². The minimum absolute atomic E-state index is 0.136. The van der Waals surface area contributed by atoms with Crippen molar-refractivity contribution in [3.8, 4) is 5.75 Å². The van der Waals surface area contributed by atoms with Gasteiger partial charge in [-0.1, -0.05) is 0 Å². The average Bonchev–Trinajstić information content (AvgIpc) is 2.27. The number of rotatable bonds is 7. The predicted octanol–water partition coefficient (Wildman–Crippen LogP) is 0.827. The maximum atomic E-state index is 10.8. The molecule has 1 rings (SSSR count). The lowest BCUT2D eigenvalue weighted by Gasteiger charge is -2.07. The van der Waals surface area contributed by atoms with Gasteiger partial charge in [-0.05, 0) is 25.0 Å². The maximum absolute atomic E-state index is 10.8. The van der Waals surface area contributed by atoms with Gasteiger partial charge in [0.05, 0.1) is 12.4 Å². The van der Waals surface area contributed by atoms with Gasteiger partial charge in [-0.2, -0.15) is 8.42 Å². The van der Waals surface area contributed by atoms with Crippen LogP contribution in [-0.2, 0) is 10.1 Å². The molecule has 2 N–H and O–H groups in total. The zero-order valence-electron chi connectivity index (χ0n) is 9.44. The topological polar surface area (TPSA) is 114 Å². The summed E-state index contributed by atoms with van der Waals surface area (Å²) >= 11 is 0. The third-order valence-electron chi connectivity index (χ3n) is 2.03. The van der Waals surface area contributed by atoms with E-state index >= 15 is 0 Å². The van der Waals surface area contributed by atoms with Crippen molar-refractivity contribution in [2.24, 2.45) is 0 Å². The molecule has 1 aromatic rings. The number of ether oxygens (including phenoxy) is 1. The van der Waals surface area contributed by atoms with Gasteiger partial charge in [-0.25, -0.2) is 9.78 Å². The van der Waals surface area contributed by atoms with Crippen LogP contribution in [0.3, 0.4) is 0 Å². The van der Waals surface area contributed by atoms with Crippen molar-refractivity contribution in [1.82, 2.24) is 4.98 Å². The fourth-order valence-electron chi connectivity index (χ4n) is 1.24. The Morgan fingerprint density at radius 2 is 2.11 bits per heavy atom. The molecule has 0 radical (unpaired) electrons. The number of hydrogen-bond donors (Lipinski definition) is 2. The number of aromatic carboxylic acids is 1. The molecule has 100 valence electrons. The molecule has 0 amide bonds. The van der Waals surface area contributed by atoms with Gasteiger partial charge in [0, 0.05) is 6.20 Å². The summed E-state index contributed by atoms with van der Waals surface area (Å²) in [6.45, 7) is 0.154. The van der Waals surface area contributed by atoms with Gasteiger partial charge in [0.2, 0.25) is 0 Å². The molecule has 0 aliphatic heterocycles. The highest BCUT2D eigenvalue weighted by molar-refractivity contribution is 7.85. The van der Waals surface area contributed by atoms with E-state index in [1.165, 1.54) is 12.3 Å². The average molecular weight is 275 g/mol. The van der Waals surface area contributed by atoms with Gasteiger partial charge in [-0.15, -0.1) is 0 Å². The molecule has 0 fully saturated rings. The summed E-state index contributed by atoms with van der Waals surface area (Å²) in [5.74, 6) is -1.39. The number of carboxylic acids is 1. The minimum Gasteiger partial charge on any atom is -0.491 e. The first kappa shape index (κ1) is 14.4. The zero-order chi connectivity index (χ0) is 13.6. The van der Waals surface area contributed by atoms with Crippen molar-refractivity contribution in [1.29, 1.82) is 0 Å². The molecule has 0 aromatic carbocycles. The summed E-state index contributed by atoms with van der Waals surface area (Å²) in [5.41, 5.74) is -0.188. The lowest BCUT2D eigenvalue weighted by molar-refractivity contribution is 0.0685. The molecule has 0 aliphatic carbocycles. The van der Waals surface area contributed by atoms with Crippen LogP contribution in [0.5, 0.6) is 5.75 Å². The van der Waals surface area contributed by atoms with Crippen LogP contribution in [0, 0.1) is 0 Å². The number of nitrogens with zero attached hydrogens (tertiary/aromatic N) is 1. The lowest BCUT2D eigenvalue weighted by atomic mass is 10.3. The Morgan fingerprint density at radius 1 is 1.39 bits per heavy atom. The van der Waals surface area contributed by atoms with E-state index in [0.717, 1.165) is 0 Å². The fourth-order valence-corrected chi connectivity index (χ4v) is 1.81. The third-order valence-corrected chi connectivity index (χ3v) is 2.83. The summed E-state index contributed by atoms with van der Waals surface area (Å²) in [6.07, 6.45) is 1.96. The molecule has 0 saturated carbocycles. The largest absolute Gasteiger partial charge is 0.491 e. The summed E-state index contributed by atoms with van der Waals surface area (Å²) in [4.78, 5) is 14.4. The van der Waals surface area contributed by atoms with E-state index in [4.69, 9.17) is 14.4 Å². The van der Waals surface area contributed by atoms with Crippen LogP contribution in [-0.4, -0.2) is 41.4 Å². The Bertz CT molecular complexity index is 513. The van der Waals surface area contributed by atoms with Gasteiger partial charge in [0.15, 0.2) is 11.4 Å². The Hall–Kier alpha value is -1.67. The normalized spacial score (nSPS) is 11.2. The van der Waals surface area contributed by atoms with Gasteiger partial charge in [0.1, 0.15) is 0 Å². The molecule has 0 atom stereocenters. The Morgan fingerprint density at radius 3 is 2.72 bits per heavy atom. The van der Waals surface area contributed by atoms with Crippen LogP contribution in [0.15, 0.2) is 18.3 Å². The van der Waals surface area contributed by atoms with E-state index in [2.05, 4.69) is 4.98 Å². The van der Waals surface area contributed by atoms with E-state index in [1.54, 1.807) is 6.07 Å². The van der Waals surface area contributed by atoms with Crippen LogP contribution in [0.1, 0.15) is 23.3 Å². The highest BCUT2D eigenvalue weighted by Gasteiger charge is 2.12. The highest BCUT2D eigenvalue weighted by Crippen LogP contribution is 2.15. The molecule has 0 unspecified atom stereocenters. The second kappa shape index (κ2) is 6.31. The summed E-state index contributed by atoms with van der Waals surface area (Å²) in [5, 5.41) is 8.82. The summed E-state index contributed by atoms with van der Waals surface area (Å²) in [6, 6.07) is 3.01. The fraction of sp³-hybridized carbons (Fsp3) is 0.400. The third kappa shape index (κ3) is 5.11. The van der Waals surface area contributed by atoms with Crippen LogP contribution < -0.4 is 4.74 Å². The van der Waals surface area contributed by atoms with Crippen molar-refractivity contribution in [2.45, 2.75) is 12.8 Å². The Balaban J connectivity index is 2.42. The molecular formula is C10H13NO6S. The van der Waals surface area contributed by atoms with E-state index in [1.807, 2.05) is 0 Å². The molecule has 0 spiro atoms. The number of pyridine rings is 1. The van der Waals surface area contributed by atoms with Gasteiger partial charge >= 0.3 is 5.97 Å². The van der Waals surface area contributed by atoms with Crippen LogP contribution in [0.25, 0.3) is 0 Å². The van der Waals surface area contributed by atoms with Crippen molar-refractivity contribution < 1.29 is 27.6 Å². The summed E-state index contributed by atoms with van der Waals surface area (Å²) < 4.78 is 34.6. The standard InChI is InChI=1S/C10H13NO6S/c12-10(13)9-8(4-3-5-11-9)17-6-1-2-7-18(14,15)16/h3-5H,1-2,6-7H2,(H,12,13)(H,14,15,16). The number of unbranched alkanes of at least 4 members (excludes halogenated alkanes) is 1. The molecule has 0 saturated heterocycles. The van der Waals surface area contributed by atoms with E-state index in [9.17, 15) is 13.2 Å². The van der Waals surface area contributed by atoms with Crippen molar-refractivity contribution in [2.75, 3.05) is 12.4 Å². The second-order valence-corrected chi connectivity index (χ2v) is 5.07. The molecule has 1 aromatic heterocycles. The van der Waals surface area contributed by atoms with Gasteiger partial charge in [0.25, 0.3) is 10.1 Å². The maximum Gasteiger partial charge on any atom is 0.358 e. The minimum atomic E-state index is -3.95. The molecule has 0 aliphatic rings. The number of carboxylic acid groups (broad SMARTS) is 1. The quantitative estimate of drug-likeness (QED) is 0.559. The molecule has 18 heavy (non-hydrogen) atoms. The Kier molecular flexibility index (Phi) is 5.05. The second-order valence-electron chi connectivity index (χ2n) is 3.50. The van der Waals surface area contributed by atoms with Crippen molar-refractivity contribution >= 4 is 16.1 Å². The first-order valence-corrected chi connectivity index (χ1v) is 6.77. The van der Waals surface area contributed by atoms with E-state index in [-0.39, 0.29) is 30.2 Å². The predicted molar refractivity (Wildman–Crippen MR) is 62.3 cm³/mol. The summed E-state index contributed by atoms with van der Waals surface area (Å²) in [7, 11) is -3.95. The zero-order valence-corrected chi connectivity index (χ0v) is 10.3.